The van der Waals surface area contributed by atoms with Gasteiger partial charge in [0.15, 0.2) is 0 Å². The number of thiophene rings is 1. The molecule has 2 aromatic heterocycles. The van der Waals surface area contributed by atoms with Gasteiger partial charge < -0.3 is 9.73 Å². The third-order valence-electron chi connectivity index (χ3n) is 4.27. The molecule has 0 aliphatic carbocycles. The number of rotatable bonds is 8. The minimum absolute atomic E-state index is 0.0792. The van der Waals surface area contributed by atoms with Crippen molar-refractivity contribution in [1.29, 1.82) is 0 Å². The second kappa shape index (κ2) is 9.40. The maximum absolute atomic E-state index is 12.5. The zero-order chi connectivity index (χ0) is 21.9. The lowest BCUT2D eigenvalue weighted by Gasteiger charge is -2.22. The van der Waals surface area contributed by atoms with E-state index >= 15 is 0 Å². The maximum atomic E-state index is 12.5. The first-order valence-electron chi connectivity index (χ1n) is 8.73. The molecular formula is C19H19Cl2N3O4S2. The highest BCUT2D eigenvalue weighted by molar-refractivity contribution is 7.93. The van der Waals surface area contributed by atoms with Gasteiger partial charge in [-0.2, -0.15) is 0 Å². The van der Waals surface area contributed by atoms with Crippen LogP contribution in [-0.2, 0) is 10.0 Å². The fourth-order valence-electron chi connectivity index (χ4n) is 2.72. The number of halogens is 2. The Kier molecular flexibility index (Phi) is 7.10. The van der Waals surface area contributed by atoms with Gasteiger partial charge in [-0.15, -0.1) is 11.3 Å². The van der Waals surface area contributed by atoms with Gasteiger partial charge in [0.25, 0.3) is 15.9 Å². The van der Waals surface area contributed by atoms with Crippen molar-refractivity contribution in [1.82, 2.24) is 10.2 Å². The first-order chi connectivity index (χ1) is 14.2. The molecular weight excluding hydrogens is 469 g/mol. The van der Waals surface area contributed by atoms with E-state index in [9.17, 15) is 13.2 Å². The van der Waals surface area contributed by atoms with Gasteiger partial charge in [-0.3, -0.25) is 14.4 Å². The van der Waals surface area contributed by atoms with E-state index in [4.69, 9.17) is 27.6 Å². The molecule has 0 unspecified atom stereocenters. The van der Waals surface area contributed by atoms with Crippen LogP contribution in [0.1, 0.15) is 22.2 Å². The number of likely N-dealkylation sites (N-methyl/N-ethyl adjacent to an activating group) is 1. The van der Waals surface area contributed by atoms with E-state index in [0.29, 0.717) is 17.8 Å². The maximum Gasteiger partial charge on any atom is 0.264 e. The highest BCUT2D eigenvalue weighted by atomic mass is 35.5. The smallest absolute Gasteiger partial charge is 0.264 e. The Morgan fingerprint density at radius 1 is 1.20 bits per heavy atom. The second-order valence-electron chi connectivity index (χ2n) is 6.58. The summed E-state index contributed by atoms with van der Waals surface area (Å²) in [7, 11) is -0.0928. The van der Waals surface area contributed by atoms with E-state index in [1.165, 1.54) is 30.3 Å². The van der Waals surface area contributed by atoms with Crippen LogP contribution >= 0.6 is 34.5 Å². The molecule has 3 aromatic rings. The average Bonchev–Trinajstić information content (AvgIpc) is 3.31. The van der Waals surface area contributed by atoms with Crippen LogP contribution in [0.5, 0.6) is 0 Å². The van der Waals surface area contributed by atoms with Gasteiger partial charge in [0.1, 0.15) is 15.0 Å². The van der Waals surface area contributed by atoms with Crippen molar-refractivity contribution in [2.75, 3.05) is 25.4 Å². The van der Waals surface area contributed by atoms with E-state index in [0.717, 1.165) is 17.1 Å². The summed E-state index contributed by atoms with van der Waals surface area (Å²) in [6.45, 7) is 0.352. The number of hydrogen-bond acceptors (Lipinski definition) is 6. The molecule has 1 aromatic carbocycles. The largest absolute Gasteiger partial charge is 0.468 e. The van der Waals surface area contributed by atoms with Crippen molar-refractivity contribution >= 4 is 56.2 Å². The Morgan fingerprint density at radius 3 is 2.43 bits per heavy atom. The van der Waals surface area contributed by atoms with Crippen LogP contribution in [0.3, 0.4) is 0 Å². The monoisotopic (exact) mass is 487 g/mol. The van der Waals surface area contributed by atoms with Gasteiger partial charge in [0.2, 0.25) is 0 Å². The summed E-state index contributed by atoms with van der Waals surface area (Å²) in [5.74, 6) is 0.465. The number of hydrogen-bond donors (Lipinski definition) is 2. The minimum Gasteiger partial charge on any atom is -0.468 e. The molecule has 0 aliphatic heterocycles. The number of sulfonamides is 1. The van der Waals surface area contributed by atoms with Crippen LogP contribution < -0.4 is 10.0 Å². The van der Waals surface area contributed by atoms with E-state index in [-0.39, 0.29) is 25.5 Å². The van der Waals surface area contributed by atoms with Gasteiger partial charge in [-0.25, -0.2) is 8.42 Å². The molecule has 160 valence electrons. The summed E-state index contributed by atoms with van der Waals surface area (Å²) in [5, 5.41) is 2.86. The van der Waals surface area contributed by atoms with Crippen molar-refractivity contribution in [3.8, 4) is 0 Å². The summed E-state index contributed by atoms with van der Waals surface area (Å²) in [6.07, 6.45) is 1.59. The van der Waals surface area contributed by atoms with Crippen LogP contribution in [0.25, 0.3) is 0 Å². The highest BCUT2D eigenvalue weighted by Gasteiger charge is 2.22. The van der Waals surface area contributed by atoms with Crippen LogP contribution in [0, 0.1) is 0 Å². The predicted octanol–water partition coefficient (Wildman–Crippen LogP) is 4.48. The molecule has 2 N–H and O–H groups in total. The Bertz CT molecular complexity index is 1110. The molecule has 2 heterocycles. The minimum atomic E-state index is -3.88. The molecule has 7 nitrogen and oxygen atoms in total. The number of nitrogens with one attached hydrogen (secondary N) is 2. The number of amides is 1. The molecule has 0 spiro atoms. The fraction of sp³-hybridized carbons (Fsp3) is 0.211. The number of carbonyl (C=O) groups is 1. The summed E-state index contributed by atoms with van der Waals surface area (Å²) < 4.78 is 33.1. The molecule has 1 atom stereocenters. The number of furan rings is 1. The molecule has 0 radical (unpaired) electrons. The van der Waals surface area contributed by atoms with Crippen LogP contribution in [-0.4, -0.2) is 39.9 Å². The molecule has 0 bridgehead atoms. The molecule has 0 saturated heterocycles. The van der Waals surface area contributed by atoms with Crippen molar-refractivity contribution in [3.05, 3.63) is 68.7 Å². The fourth-order valence-corrected chi connectivity index (χ4v) is 5.93. The molecule has 3 rings (SSSR count). The Labute approximate surface area is 188 Å². The molecule has 1 amide bonds. The summed E-state index contributed by atoms with van der Waals surface area (Å²) in [6, 6.07) is 10.9. The average molecular weight is 488 g/mol. The summed E-state index contributed by atoms with van der Waals surface area (Å²) >= 11 is 12.7. The number of benzene rings is 1. The van der Waals surface area contributed by atoms with Gasteiger partial charge in [0.05, 0.1) is 16.6 Å². The third kappa shape index (κ3) is 5.35. The number of anilines is 1. The van der Waals surface area contributed by atoms with E-state index < -0.39 is 10.0 Å². The Balaban J connectivity index is 1.65. The lowest BCUT2D eigenvalue weighted by Crippen LogP contribution is -2.34. The van der Waals surface area contributed by atoms with E-state index in [1.807, 2.05) is 25.1 Å². The lowest BCUT2D eigenvalue weighted by molar-refractivity contribution is 0.0939. The molecule has 0 aliphatic rings. The second-order valence-corrected chi connectivity index (χ2v) is 10.5. The van der Waals surface area contributed by atoms with E-state index in [1.54, 1.807) is 12.3 Å². The summed E-state index contributed by atoms with van der Waals surface area (Å²) in [4.78, 5) is 14.3. The van der Waals surface area contributed by atoms with Crippen molar-refractivity contribution in [3.63, 3.8) is 0 Å². The summed E-state index contributed by atoms with van der Waals surface area (Å²) in [5.41, 5.74) is 0.693. The zero-order valence-corrected chi connectivity index (χ0v) is 19.2. The number of carbonyl (C=O) groups excluding carboxylic acids is 1. The third-order valence-corrected chi connectivity index (χ3v) is 7.40. The first-order valence-corrected chi connectivity index (χ1v) is 11.8. The van der Waals surface area contributed by atoms with Crippen LogP contribution in [0.4, 0.5) is 5.69 Å². The van der Waals surface area contributed by atoms with Crippen LogP contribution in [0.2, 0.25) is 8.67 Å². The normalized spacial score (nSPS) is 12.7. The quantitative estimate of drug-likeness (QED) is 0.488. The zero-order valence-electron chi connectivity index (χ0n) is 16.1. The van der Waals surface area contributed by atoms with E-state index in [2.05, 4.69) is 10.0 Å². The first kappa shape index (κ1) is 22.6. The molecule has 11 heteroatoms. The standard InChI is InChI=1S/C19H19Cl2N3O4S2/c1-24(2)14(15-4-3-9-28-15)11-22-19(25)12-5-7-13(8-6-12)23-30(26,27)16-10-17(20)29-18(16)21/h3-10,14,23H,11H2,1-2H3,(H,22,25)/t14-/m0/s1. The van der Waals surface area contributed by atoms with Gasteiger partial charge in [0, 0.05) is 17.8 Å². The SMILES string of the molecule is CN(C)[C@@H](CNC(=O)c1ccc(NS(=O)(=O)c2cc(Cl)sc2Cl)cc1)c1ccco1. The number of nitrogens with zero attached hydrogens (tertiary/aromatic N) is 1. The van der Waals surface area contributed by atoms with Gasteiger partial charge in [-0.1, -0.05) is 23.2 Å². The Hall–Kier alpha value is -2.04. The highest BCUT2D eigenvalue weighted by Crippen LogP contribution is 2.35. The van der Waals surface area contributed by atoms with Crippen molar-refractivity contribution in [2.45, 2.75) is 10.9 Å². The predicted molar refractivity (Wildman–Crippen MR) is 119 cm³/mol. The van der Waals surface area contributed by atoms with Crippen molar-refractivity contribution < 1.29 is 17.6 Å². The Morgan fingerprint density at radius 2 is 1.90 bits per heavy atom. The molecule has 30 heavy (non-hydrogen) atoms. The van der Waals surface area contributed by atoms with Gasteiger partial charge in [-0.05, 0) is 56.6 Å². The van der Waals surface area contributed by atoms with Gasteiger partial charge >= 0.3 is 0 Å². The topological polar surface area (TPSA) is 91.7 Å². The van der Waals surface area contributed by atoms with Crippen LogP contribution in [0.15, 0.2) is 58.0 Å². The molecule has 0 fully saturated rings. The lowest BCUT2D eigenvalue weighted by atomic mass is 10.1. The van der Waals surface area contributed by atoms with Crippen molar-refractivity contribution in [2.24, 2.45) is 0 Å². The molecule has 0 saturated carbocycles.